The highest BCUT2D eigenvalue weighted by molar-refractivity contribution is 7.96. The lowest BCUT2D eigenvalue weighted by molar-refractivity contribution is -0.0517. The Balaban J connectivity index is 0. The van der Waals surface area contributed by atoms with Gasteiger partial charge in [0.2, 0.25) is 0 Å². The van der Waals surface area contributed by atoms with Crippen molar-refractivity contribution in [2.24, 2.45) is 0 Å². The third kappa shape index (κ3) is 10.7. The van der Waals surface area contributed by atoms with Gasteiger partial charge in [0.25, 0.3) is 0 Å². The first kappa shape index (κ1) is 19.1. The summed E-state index contributed by atoms with van der Waals surface area (Å²) < 4.78 is 58.9. The summed E-state index contributed by atoms with van der Waals surface area (Å²) in [5.74, 6) is 3.89. The van der Waals surface area contributed by atoms with Crippen LogP contribution in [0.4, 0.5) is 13.2 Å². The number of alkyl halides is 3. The van der Waals surface area contributed by atoms with E-state index in [1.165, 1.54) is 22.8 Å². The van der Waals surface area contributed by atoms with Crippen LogP contribution in [0.2, 0.25) is 0 Å². The Hall–Kier alpha value is -0.210. The topological polar surface area (TPSA) is 57.2 Å². The summed E-state index contributed by atoms with van der Waals surface area (Å²) in [5, 5.41) is 0. The van der Waals surface area contributed by atoms with Crippen molar-refractivity contribution in [3.8, 4) is 0 Å². The van der Waals surface area contributed by atoms with Gasteiger partial charge >= 0.3 is 5.51 Å². The van der Waals surface area contributed by atoms with Gasteiger partial charge in [0.1, 0.15) is 17.3 Å². The summed E-state index contributed by atoms with van der Waals surface area (Å²) >= 11 is 0. The summed E-state index contributed by atoms with van der Waals surface area (Å²) in [4.78, 5) is 0. The predicted molar refractivity (Wildman–Crippen MR) is 63.9 cm³/mol. The molecule has 0 aliphatic heterocycles. The summed E-state index contributed by atoms with van der Waals surface area (Å²) in [6.07, 6.45) is 0. The Kier molecular flexibility index (Phi) is 9.00. The van der Waals surface area contributed by atoms with Gasteiger partial charge in [-0.3, -0.25) is 0 Å². The standard InChI is InChI=1S/C8H17S.CHF3O3S/c1-5-9(6-2)7-8(3)4;2-1(3,4)8(5,6)7/h3,5-7H2,1-2,4H3;(H,5,6,7)/q+1;/p-1. The monoisotopic (exact) mass is 294 g/mol. The zero-order valence-corrected chi connectivity index (χ0v) is 11.6. The fourth-order valence-electron chi connectivity index (χ4n) is 0.757. The first-order valence-corrected chi connectivity index (χ1v) is 7.90. The first-order valence-electron chi connectivity index (χ1n) is 4.76. The van der Waals surface area contributed by atoms with Crippen LogP contribution in [0.5, 0.6) is 0 Å². The summed E-state index contributed by atoms with van der Waals surface area (Å²) in [7, 11) is -5.46. The molecule has 0 atom stereocenters. The maximum Gasteiger partial charge on any atom is 0.485 e. The quantitative estimate of drug-likeness (QED) is 0.346. The molecule has 8 heteroatoms. The van der Waals surface area contributed by atoms with Gasteiger partial charge in [0, 0.05) is 0 Å². The molecule has 0 radical (unpaired) electrons. The number of halogens is 3. The van der Waals surface area contributed by atoms with E-state index in [1.807, 2.05) is 0 Å². The molecule has 0 N–H and O–H groups in total. The van der Waals surface area contributed by atoms with Crippen molar-refractivity contribution in [1.29, 1.82) is 0 Å². The van der Waals surface area contributed by atoms with Gasteiger partial charge in [-0.15, -0.1) is 0 Å². The van der Waals surface area contributed by atoms with Crippen molar-refractivity contribution in [3.05, 3.63) is 12.2 Å². The molecule has 0 aromatic carbocycles. The molecule has 0 aromatic rings. The van der Waals surface area contributed by atoms with Gasteiger partial charge in [-0.25, -0.2) is 8.42 Å². The zero-order chi connectivity index (χ0) is 14.3. The van der Waals surface area contributed by atoms with Crippen molar-refractivity contribution in [2.75, 3.05) is 17.3 Å². The molecule has 17 heavy (non-hydrogen) atoms. The van der Waals surface area contributed by atoms with E-state index >= 15 is 0 Å². The maximum atomic E-state index is 10.7. The van der Waals surface area contributed by atoms with Crippen LogP contribution in [0.15, 0.2) is 12.2 Å². The smallest absolute Gasteiger partial charge is 0.485 e. The minimum absolute atomic E-state index is 0.632. The van der Waals surface area contributed by atoms with Gasteiger partial charge in [-0.2, -0.15) is 13.2 Å². The summed E-state index contributed by atoms with van der Waals surface area (Å²) in [6.45, 7) is 10.5. The molecule has 0 saturated carbocycles. The maximum absolute atomic E-state index is 10.7. The lowest BCUT2D eigenvalue weighted by Crippen LogP contribution is -2.21. The van der Waals surface area contributed by atoms with Crippen LogP contribution in [0, 0.1) is 0 Å². The Morgan fingerprint density at radius 2 is 1.59 bits per heavy atom. The fourth-order valence-corrected chi connectivity index (χ4v) is 2.27. The predicted octanol–water partition coefficient (Wildman–Crippen LogP) is 2.27. The van der Waals surface area contributed by atoms with Gasteiger partial charge in [0.05, 0.1) is 0 Å². The van der Waals surface area contributed by atoms with Crippen molar-refractivity contribution < 1.29 is 26.1 Å². The molecule has 0 aliphatic rings. The zero-order valence-electron chi connectivity index (χ0n) is 10.0. The second-order valence-electron chi connectivity index (χ2n) is 3.19. The molecular formula is C9H17F3O3S2. The minimum atomic E-state index is -6.09. The van der Waals surface area contributed by atoms with Gasteiger partial charge in [-0.05, 0) is 37.2 Å². The summed E-state index contributed by atoms with van der Waals surface area (Å²) in [6, 6.07) is 0. The van der Waals surface area contributed by atoms with Crippen LogP contribution in [-0.2, 0) is 21.0 Å². The van der Waals surface area contributed by atoms with Gasteiger partial charge in [0.15, 0.2) is 10.1 Å². The van der Waals surface area contributed by atoms with E-state index in [-0.39, 0.29) is 0 Å². The van der Waals surface area contributed by atoms with Crippen molar-refractivity contribution in [2.45, 2.75) is 26.3 Å². The molecule has 3 nitrogen and oxygen atoms in total. The molecule has 0 aliphatic carbocycles. The van der Waals surface area contributed by atoms with E-state index in [1.54, 1.807) is 0 Å². The average Bonchev–Trinajstić information content (AvgIpc) is 2.11. The van der Waals surface area contributed by atoms with E-state index in [4.69, 9.17) is 13.0 Å². The molecular weight excluding hydrogens is 277 g/mol. The van der Waals surface area contributed by atoms with E-state index < -0.39 is 15.6 Å². The molecule has 0 saturated heterocycles. The molecule has 0 amide bonds. The highest BCUT2D eigenvalue weighted by Crippen LogP contribution is 2.20. The third-order valence-electron chi connectivity index (χ3n) is 1.55. The van der Waals surface area contributed by atoms with Crippen molar-refractivity contribution >= 4 is 21.0 Å². The third-order valence-corrected chi connectivity index (χ3v) is 4.65. The minimum Gasteiger partial charge on any atom is -0.741 e. The van der Waals surface area contributed by atoms with E-state index in [9.17, 15) is 13.2 Å². The van der Waals surface area contributed by atoms with Gasteiger partial charge < -0.3 is 4.55 Å². The SMILES string of the molecule is C=C(C)C[S+](CC)CC.O=S(=O)([O-])C(F)(F)F. The van der Waals surface area contributed by atoms with Crippen LogP contribution >= 0.6 is 0 Å². The van der Waals surface area contributed by atoms with Gasteiger partial charge in [-0.1, -0.05) is 6.58 Å². The Morgan fingerprint density at radius 1 is 1.29 bits per heavy atom. The molecule has 0 fully saturated rings. The molecule has 0 heterocycles. The van der Waals surface area contributed by atoms with Crippen LogP contribution in [0.3, 0.4) is 0 Å². The van der Waals surface area contributed by atoms with Crippen LogP contribution in [-0.4, -0.2) is 35.7 Å². The second-order valence-corrected chi connectivity index (χ2v) is 7.23. The fraction of sp³-hybridized carbons (Fsp3) is 0.778. The lowest BCUT2D eigenvalue weighted by atomic mass is 10.4. The van der Waals surface area contributed by atoms with E-state index in [0.29, 0.717) is 10.9 Å². The van der Waals surface area contributed by atoms with Crippen molar-refractivity contribution in [3.63, 3.8) is 0 Å². The number of hydrogen-bond donors (Lipinski definition) is 0. The second kappa shape index (κ2) is 7.99. The van der Waals surface area contributed by atoms with E-state index in [0.717, 1.165) is 0 Å². The highest BCUT2D eigenvalue weighted by Gasteiger charge is 2.36. The average molecular weight is 294 g/mol. The molecule has 0 rings (SSSR count). The Bertz CT molecular complexity index is 319. The number of hydrogen-bond acceptors (Lipinski definition) is 3. The molecule has 0 bridgehead atoms. The molecule has 104 valence electrons. The van der Waals surface area contributed by atoms with E-state index in [2.05, 4.69) is 27.4 Å². The number of rotatable bonds is 4. The van der Waals surface area contributed by atoms with Crippen molar-refractivity contribution in [1.82, 2.24) is 0 Å². The highest BCUT2D eigenvalue weighted by atomic mass is 32.2. The normalized spacial score (nSPS) is 12.0. The summed E-state index contributed by atoms with van der Waals surface area (Å²) in [5.41, 5.74) is -4.31. The molecule has 0 unspecified atom stereocenters. The Morgan fingerprint density at radius 3 is 1.65 bits per heavy atom. The largest absolute Gasteiger partial charge is 0.741 e. The Labute approximate surface area is 103 Å². The van der Waals surface area contributed by atoms with Crippen LogP contribution < -0.4 is 0 Å². The van der Waals surface area contributed by atoms with Crippen LogP contribution in [0.1, 0.15) is 20.8 Å². The molecule has 0 spiro atoms. The lowest BCUT2D eigenvalue weighted by Gasteiger charge is -2.08. The van der Waals surface area contributed by atoms with Crippen LogP contribution in [0.25, 0.3) is 0 Å². The molecule has 0 aromatic heterocycles. The first-order chi connectivity index (χ1) is 7.45.